The third kappa shape index (κ3) is 2.40. The predicted molar refractivity (Wildman–Crippen MR) is 80.4 cm³/mol. The highest BCUT2D eigenvalue weighted by atomic mass is 35.5. The maximum Gasteiger partial charge on any atom is 0.136 e. The smallest absolute Gasteiger partial charge is 0.136 e. The number of anilines is 1. The molecule has 5 nitrogen and oxygen atoms in total. The van der Waals surface area contributed by atoms with Crippen molar-refractivity contribution in [3.8, 4) is 0 Å². The van der Waals surface area contributed by atoms with Crippen molar-refractivity contribution in [1.29, 1.82) is 0 Å². The molecule has 2 aromatic rings. The molecule has 0 bridgehead atoms. The van der Waals surface area contributed by atoms with E-state index in [0.717, 1.165) is 30.0 Å². The molecule has 0 aromatic carbocycles. The van der Waals surface area contributed by atoms with Crippen molar-refractivity contribution in [3.05, 3.63) is 40.8 Å². The molecule has 1 N–H and O–H groups in total. The lowest BCUT2D eigenvalue weighted by molar-refractivity contribution is 0.281. The van der Waals surface area contributed by atoms with Crippen LogP contribution in [0, 0.1) is 5.41 Å². The molecule has 1 spiro atoms. The first-order chi connectivity index (χ1) is 10.2. The lowest BCUT2D eigenvalue weighted by Crippen LogP contribution is -2.48. The second-order valence-corrected chi connectivity index (χ2v) is 6.54. The van der Waals surface area contributed by atoms with Gasteiger partial charge in [0.1, 0.15) is 11.0 Å². The van der Waals surface area contributed by atoms with Gasteiger partial charge in [-0.05, 0) is 18.9 Å². The van der Waals surface area contributed by atoms with Crippen LogP contribution < -0.4 is 4.90 Å². The summed E-state index contributed by atoms with van der Waals surface area (Å²) in [7, 11) is 0. The maximum atomic E-state index is 9.05. The second-order valence-electron chi connectivity index (χ2n) is 6.18. The molecule has 2 aliphatic rings. The molecule has 0 radical (unpaired) electrons. The zero-order valence-electron chi connectivity index (χ0n) is 11.7. The number of hydrogen-bond donors (Lipinski definition) is 1. The van der Waals surface area contributed by atoms with Crippen molar-refractivity contribution in [2.45, 2.75) is 26.0 Å². The van der Waals surface area contributed by atoms with Crippen molar-refractivity contribution in [1.82, 2.24) is 14.8 Å². The Bertz CT molecular complexity index is 672. The molecular weight excluding hydrogens is 288 g/mol. The Kier molecular flexibility index (Phi) is 2.94. The van der Waals surface area contributed by atoms with Crippen LogP contribution in [0.4, 0.5) is 5.82 Å². The molecule has 0 atom stereocenters. The van der Waals surface area contributed by atoms with Crippen LogP contribution in [0.15, 0.2) is 24.5 Å². The Hall–Kier alpha value is -1.59. The fourth-order valence-electron chi connectivity index (χ4n) is 2.92. The zero-order chi connectivity index (χ0) is 14.4. The highest BCUT2D eigenvalue weighted by molar-refractivity contribution is 6.30. The summed E-state index contributed by atoms with van der Waals surface area (Å²) >= 11 is 6.30. The molecule has 110 valence electrons. The van der Waals surface area contributed by atoms with Gasteiger partial charge in [-0.15, -0.1) is 0 Å². The molecule has 0 amide bonds. The third-order valence-electron chi connectivity index (χ3n) is 4.45. The number of nitrogens with zero attached hydrogens (tertiary/aromatic N) is 4. The summed E-state index contributed by atoms with van der Waals surface area (Å²) in [6, 6.07) is 4.05. The Balaban J connectivity index is 1.48. The lowest BCUT2D eigenvalue weighted by atomic mass is 9.97. The summed E-state index contributed by atoms with van der Waals surface area (Å²) in [6.07, 6.45) is 6.20. The fourth-order valence-corrected chi connectivity index (χ4v) is 3.12. The summed E-state index contributed by atoms with van der Waals surface area (Å²) in [4.78, 5) is 6.80. The molecular formula is C15H17ClN4O. The summed E-state index contributed by atoms with van der Waals surface area (Å²) in [5.41, 5.74) is 2.35. The molecule has 4 rings (SSSR count). The molecule has 21 heavy (non-hydrogen) atoms. The highest BCUT2D eigenvalue weighted by Crippen LogP contribution is 2.53. The molecule has 1 saturated carbocycles. The van der Waals surface area contributed by atoms with Gasteiger partial charge in [-0.2, -0.15) is 5.10 Å². The first kappa shape index (κ1) is 13.1. The maximum absolute atomic E-state index is 9.05. The zero-order valence-corrected chi connectivity index (χ0v) is 12.4. The lowest BCUT2D eigenvalue weighted by Gasteiger charge is -2.41. The van der Waals surface area contributed by atoms with E-state index < -0.39 is 0 Å². The molecule has 0 unspecified atom stereocenters. The third-order valence-corrected chi connectivity index (χ3v) is 4.77. The number of hydrogen-bond acceptors (Lipinski definition) is 4. The van der Waals surface area contributed by atoms with Crippen molar-refractivity contribution in [3.63, 3.8) is 0 Å². The van der Waals surface area contributed by atoms with Crippen LogP contribution in [-0.2, 0) is 13.2 Å². The quantitative estimate of drug-likeness (QED) is 0.879. The topological polar surface area (TPSA) is 54.2 Å². The Morgan fingerprint density at radius 3 is 2.71 bits per heavy atom. The van der Waals surface area contributed by atoms with Crippen LogP contribution in [0.3, 0.4) is 0 Å². The van der Waals surface area contributed by atoms with Crippen LogP contribution in [0.1, 0.15) is 24.0 Å². The normalized spacial score (nSPS) is 18.9. The molecule has 3 heterocycles. The number of pyridine rings is 1. The Morgan fingerprint density at radius 2 is 2.10 bits per heavy atom. The van der Waals surface area contributed by atoms with E-state index in [9.17, 15) is 0 Å². The van der Waals surface area contributed by atoms with Crippen molar-refractivity contribution < 1.29 is 5.11 Å². The second kappa shape index (κ2) is 4.71. The number of rotatable bonds is 4. The number of aliphatic hydroxyl groups is 1. The average Bonchev–Trinajstić information content (AvgIpc) is 3.13. The van der Waals surface area contributed by atoms with Crippen LogP contribution in [-0.4, -0.2) is 33.0 Å². The van der Waals surface area contributed by atoms with Crippen molar-refractivity contribution >= 4 is 17.4 Å². The van der Waals surface area contributed by atoms with E-state index in [1.165, 1.54) is 12.8 Å². The van der Waals surface area contributed by atoms with E-state index in [1.807, 2.05) is 18.3 Å². The summed E-state index contributed by atoms with van der Waals surface area (Å²) in [5.74, 6) is 0.970. The van der Waals surface area contributed by atoms with Gasteiger partial charge in [0.05, 0.1) is 19.3 Å². The van der Waals surface area contributed by atoms with E-state index in [4.69, 9.17) is 16.7 Å². The predicted octanol–water partition coefficient (Wildman–Crippen LogP) is 2.07. The largest absolute Gasteiger partial charge is 0.392 e. The van der Waals surface area contributed by atoms with Crippen LogP contribution in [0.25, 0.3) is 0 Å². The Morgan fingerprint density at radius 1 is 1.29 bits per heavy atom. The summed E-state index contributed by atoms with van der Waals surface area (Å²) in [5, 5.41) is 13.8. The summed E-state index contributed by atoms with van der Waals surface area (Å²) < 4.78 is 1.76. The van der Waals surface area contributed by atoms with Gasteiger partial charge in [0.2, 0.25) is 0 Å². The number of aliphatic hydroxyl groups excluding tert-OH is 1. The average molecular weight is 305 g/mol. The minimum absolute atomic E-state index is 0.00162. The van der Waals surface area contributed by atoms with Crippen LogP contribution in [0.5, 0.6) is 0 Å². The van der Waals surface area contributed by atoms with E-state index in [0.29, 0.717) is 17.1 Å². The van der Waals surface area contributed by atoms with Crippen molar-refractivity contribution in [2.24, 2.45) is 5.41 Å². The van der Waals surface area contributed by atoms with E-state index in [2.05, 4.69) is 15.0 Å². The highest BCUT2D eigenvalue weighted by Gasteiger charge is 2.52. The van der Waals surface area contributed by atoms with Crippen LogP contribution >= 0.6 is 11.6 Å². The van der Waals surface area contributed by atoms with E-state index in [-0.39, 0.29) is 6.61 Å². The van der Waals surface area contributed by atoms with E-state index in [1.54, 1.807) is 10.9 Å². The minimum Gasteiger partial charge on any atom is -0.392 e. The molecule has 2 aromatic heterocycles. The molecule has 1 aliphatic carbocycles. The van der Waals surface area contributed by atoms with E-state index >= 15 is 0 Å². The molecule has 2 fully saturated rings. The summed E-state index contributed by atoms with van der Waals surface area (Å²) in [6.45, 7) is 2.81. The first-order valence-corrected chi connectivity index (χ1v) is 7.58. The first-order valence-electron chi connectivity index (χ1n) is 7.20. The molecule has 1 saturated heterocycles. The number of aromatic nitrogens is 3. The number of halogens is 1. The van der Waals surface area contributed by atoms with Gasteiger partial charge in [-0.3, -0.25) is 4.68 Å². The molecule has 1 aliphatic heterocycles. The van der Waals surface area contributed by atoms with Gasteiger partial charge in [-0.25, -0.2) is 4.98 Å². The van der Waals surface area contributed by atoms with Gasteiger partial charge in [0.15, 0.2) is 0 Å². The molecule has 6 heteroatoms. The van der Waals surface area contributed by atoms with Gasteiger partial charge >= 0.3 is 0 Å². The van der Waals surface area contributed by atoms with Gasteiger partial charge in [0, 0.05) is 35.8 Å². The monoisotopic (exact) mass is 304 g/mol. The van der Waals surface area contributed by atoms with Gasteiger partial charge < -0.3 is 10.0 Å². The van der Waals surface area contributed by atoms with Crippen molar-refractivity contribution in [2.75, 3.05) is 18.0 Å². The standard InChI is InChI=1S/C15H17ClN4O/c16-14-12(7-20-6-11(8-21)5-17-20)1-2-13(18-14)19-9-15(10-19)3-4-15/h1-2,5-6,21H,3-4,7-10H2. The Labute approximate surface area is 128 Å². The van der Waals surface area contributed by atoms with Crippen LogP contribution in [0.2, 0.25) is 5.15 Å². The minimum atomic E-state index is 0.00162. The van der Waals surface area contributed by atoms with Gasteiger partial charge in [-0.1, -0.05) is 17.7 Å². The SMILES string of the molecule is OCc1cnn(Cc2ccc(N3CC4(CC4)C3)nc2Cl)c1. The fraction of sp³-hybridized carbons (Fsp3) is 0.467. The van der Waals surface area contributed by atoms with Gasteiger partial charge in [0.25, 0.3) is 0 Å².